The number of halogens is 1. The van der Waals surface area contributed by atoms with Gasteiger partial charge in [-0.1, -0.05) is 47.1 Å². The van der Waals surface area contributed by atoms with Gasteiger partial charge in [0.25, 0.3) is 5.91 Å². The number of ether oxygens (including phenoxy) is 1. The predicted molar refractivity (Wildman–Crippen MR) is 156 cm³/mol. The predicted octanol–water partition coefficient (Wildman–Crippen LogP) is 0.742. The zero-order valence-corrected chi connectivity index (χ0v) is 24.5. The topological polar surface area (TPSA) is 177 Å². The zero-order chi connectivity index (χ0) is 30.9. The average Bonchev–Trinajstić information content (AvgIpc) is 3.44. The molecule has 0 saturated heterocycles. The second kappa shape index (κ2) is 14.6. The summed E-state index contributed by atoms with van der Waals surface area (Å²) in [7, 11) is 0. The molecule has 4 bridgehead atoms. The highest BCUT2D eigenvalue weighted by Crippen LogP contribution is 2.25. The third-order valence-corrected chi connectivity index (χ3v) is 7.03. The van der Waals surface area contributed by atoms with Crippen LogP contribution in [0.2, 0.25) is 5.02 Å². The molecular formula is C29H34ClN7O6. The summed E-state index contributed by atoms with van der Waals surface area (Å²) in [5.74, 6) is -2.17. The fourth-order valence-corrected chi connectivity index (χ4v) is 4.58. The molecule has 3 heterocycles. The van der Waals surface area contributed by atoms with Gasteiger partial charge in [0.05, 0.1) is 30.5 Å². The lowest BCUT2D eigenvalue weighted by molar-refractivity contribution is -0.134. The lowest BCUT2D eigenvalue weighted by Crippen LogP contribution is -2.59. The minimum Gasteiger partial charge on any atom is -0.492 e. The van der Waals surface area contributed by atoms with Crippen molar-refractivity contribution in [2.45, 2.75) is 64.0 Å². The van der Waals surface area contributed by atoms with Gasteiger partial charge in [0.15, 0.2) is 0 Å². The number of amides is 4. The highest BCUT2D eigenvalue weighted by Gasteiger charge is 2.31. The second-order valence-electron chi connectivity index (χ2n) is 10.2. The fourth-order valence-electron chi connectivity index (χ4n) is 4.35. The molecule has 5 rings (SSSR count). The van der Waals surface area contributed by atoms with Crippen LogP contribution in [0, 0.1) is 0 Å². The summed E-state index contributed by atoms with van der Waals surface area (Å²) in [6.07, 6.45) is 1.11. The molecule has 2 aromatic carbocycles. The third kappa shape index (κ3) is 8.75. The summed E-state index contributed by atoms with van der Waals surface area (Å²) in [4.78, 5) is 52.4. The molecule has 0 aliphatic carbocycles. The maximum atomic E-state index is 13.3. The number of hydrogen-bond acceptors (Lipinski definition) is 8. The summed E-state index contributed by atoms with van der Waals surface area (Å²) >= 11 is 6.32. The normalized spacial score (nSPS) is 21.5. The monoisotopic (exact) mass is 611 g/mol. The van der Waals surface area contributed by atoms with Gasteiger partial charge in [-0.3, -0.25) is 23.9 Å². The Morgan fingerprint density at radius 2 is 1.81 bits per heavy atom. The van der Waals surface area contributed by atoms with Crippen LogP contribution in [0.15, 0.2) is 54.7 Å². The number of aliphatic hydroxyl groups excluding tert-OH is 1. The van der Waals surface area contributed by atoms with E-state index in [-0.39, 0.29) is 23.6 Å². The van der Waals surface area contributed by atoms with Crippen molar-refractivity contribution < 1.29 is 29.0 Å². The summed E-state index contributed by atoms with van der Waals surface area (Å²) < 4.78 is 7.37. The maximum absolute atomic E-state index is 13.3. The number of nitrogens with zero attached hydrogens (tertiary/aromatic N) is 3. The van der Waals surface area contributed by atoms with Crippen molar-refractivity contribution in [3.63, 3.8) is 0 Å². The molecule has 0 fully saturated rings. The molecule has 4 amide bonds. The largest absolute Gasteiger partial charge is 0.492 e. The van der Waals surface area contributed by atoms with Gasteiger partial charge in [-0.2, -0.15) is 0 Å². The minimum atomic E-state index is -1.41. The van der Waals surface area contributed by atoms with Gasteiger partial charge in [0.2, 0.25) is 17.7 Å². The quantitative estimate of drug-likeness (QED) is 0.269. The molecule has 2 aliphatic heterocycles. The molecule has 5 N–H and O–H groups in total. The van der Waals surface area contributed by atoms with Crippen LogP contribution in [0.5, 0.6) is 5.75 Å². The Bertz CT molecular complexity index is 1450. The van der Waals surface area contributed by atoms with Crippen molar-refractivity contribution in [2.24, 2.45) is 0 Å². The number of fused-ring (bicyclic) bond motifs is 16. The standard InChI is InChI=1S/C29H34ClN7O6/c1-17-26(39)34-25(18(2)38)29(42)33-23(13-19-7-4-3-5-8-19)28(41)31-15-21-16-37(36-35-21)11-6-12-43-24-10-9-20(14-22(24)30)27(40)32-17/h3-5,7-10,14,16-18,23,25,38H,6,11-13,15H2,1-2H3,(H,31,41)(H,32,40)(H,33,42)(H,34,39)/t17-,18-,23-,25+/m1/s1. The molecule has 14 heteroatoms. The molecule has 1 aromatic heterocycles. The molecule has 3 aromatic rings. The Hall–Kier alpha value is -4.49. The highest BCUT2D eigenvalue weighted by atomic mass is 35.5. The van der Waals surface area contributed by atoms with Gasteiger partial charge < -0.3 is 31.1 Å². The van der Waals surface area contributed by atoms with Gasteiger partial charge in [-0.15, -0.1) is 5.10 Å². The molecule has 4 atom stereocenters. The Morgan fingerprint density at radius 1 is 1.05 bits per heavy atom. The number of aliphatic hydroxyl groups is 1. The number of aryl methyl sites for hydroxylation is 1. The Labute approximate surface area is 253 Å². The van der Waals surface area contributed by atoms with E-state index in [1.165, 1.54) is 26.0 Å². The number of hydrogen-bond donors (Lipinski definition) is 5. The van der Waals surface area contributed by atoms with Crippen LogP contribution >= 0.6 is 11.6 Å². The van der Waals surface area contributed by atoms with Crippen molar-refractivity contribution in [1.29, 1.82) is 0 Å². The van der Waals surface area contributed by atoms with E-state index in [2.05, 4.69) is 31.6 Å². The van der Waals surface area contributed by atoms with Crippen LogP contribution in [-0.2, 0) is 33.9 Å². The second-order valence-corrected chi connectivity index (χ2v) is 10.6. The van der Waals surface area contributed by atoms with E-state index < -0.39 is 47.9 Å². The molecule has 13 nitrogen and oxygen atoms in total. The summed E-state index contributed by atoms with van der Waals surface area (Å²) in [5, 5.41) is 29.2. The van der Waals surface area contributed by atoms with Crippen LogP contribution < -0.4 is 26.0 Å². The van der Waals surface area contributed by atoms with E-state index in [4.69, 9.17) is 16.3 Å². The Balaban J connectivity index is 1.58. The van der Waals surface area contributed by atoms with Gasteiger partial charge in [0, 0.05) is 24.9 Å². The number of aromatic nitrogens is 3. The van der Waals surface area contributed by atoms with E-state index in [0.717, 1.165) is 5.56 Å². The summed E-state index contributed by atoms with van der Waals surface area (Å²) in [6, 6.07) is 10.1. The molecule has 0 saturated carbocycles. The zero-order valence-electron chi connectivity index (χ0n) is 23.7. The first-order valence-corrected chi connectivity index (χ1v) is 14.2. The van der Waals surface area contributed by atoms with Crippen LogP contribution in [-0.4, -0.2) is 74.6 Å². The highest BCUT2D eigenvalue weighted by molar-refractivity contribution is 6.32. The first-order chi connectivity index (χ1) is 20.6. The molecule has 0 radical (unpaired) electrons. The first kappa shape index (κ1) is 31.4. The van der Waals surface area contributed by atoms with E-state index in [1.54, 1.807) is 16.9 Å². The van der Waals surface area contributed by atoms with E-state index in [1.807, 2.05) is 30.3 Å². The van der Waals surface area contributed by atoms with E-state index >= 15 is 0 Å². The van der Waals surface area contributed by atoms with E-state index in [9.17, 15) is 24.3 Å². The third-order valence-electron chi connectivity index (χ3n) is 6.73. The van der Waals surface area contributed by atoms with Crippen molar-refractivity contribution >= 4 is 35.2 Å². The molecule has 0 spiro atoms. The van der Waals surface area contributed by atoms with Crippen LogP contribution in [0.3, 0.4) is 0 Å². The SMILES string of the molecule is C[C@H]1NC(=O)c2ccc(c(Cl)c2)OCCCn2cc(nn2)CNC(=O)[C@@H](Cc2ccccc2)NC(=O)[C@H]([C@@H](C)O)NC1=O. The molecule has 228 valence electrons. The van der Waals surface area contributed by atoms with Crippen molar-refractivity contribution in [3.8, 4) is 5.75 Å². The average molecular weight is 612 g/mol. The van der Waals surface area contributed by atoms with Gasteiger partial charge in [-0.25, -0.2) is 0 Å². The Kier molecular flexibility index (Phi) is 10.7. The summed E-state index contributed by atoms with van der Waals surface area (Å²) in [5.41, 5.74) is 1.50. The van der Waals surface area contributed by atoms with Gasteiger partial charge in [0.1, 0.15) is 29.6 Å². The van der Waals surface area contributed by atoms with Crippen molar-refractivity contribution in [3.05, 3.63) is 76.6 Å². The van der Waals surface area contributed by atoms with Crippen LogP contribution in [0.1, 0.15) is 41.9 Å². The molecular weight excluding hydrogens is 578 g/mol. The molecule has 2 aliphatic rings. The maximum Gasteiger partial charge on any atom is 0.251 e. The lowest BCUT2D eigenvalue weighted by Gasteiger charge is -2.26. The number of nitrogens with one attached hydrogen (secondary N) is 4. The van der Waals surface area contributed by atoms with Crippen molar-refractivity contribution in [2.75, 3.05) is 6.61 Å². The smallest absolute Gasteiger partial charge is 0.251 e. The minimum absolute atomic E-state index is 0.0617. The Morgan fingerprint density at radius 3 is 2.53 bits per heavy atom. The van der Waals surface area contributed by atoms with Gasteiger partial charge in [-0.05, 0) is 37.6 Å². The van der Waals surface area contributed by atoms with Crippen molar-refractivity contribution in [1.82, 2.24) is 36.3 Å². The molecule has 0 unspecified atom stereocenters. The lowest BCUT2D eigenvalue weighted by atomic mass is 10.0. The van der Waals surface area contributed by atoms with Gasteiger partial charge >= 0.3 is 0 Å². The fraction of sp³-hybridized carbons (Fsp3) is 0.379. The van der Waals surface area contributed by atoms with Crippen LogP contribution in [0.25, 0.3) is 0 Å². The number of benzene rings is 2. The van der Waals surface area contributed by atoms with Crippen LogP contribution in [0.4, 0.5) is 0 Å². The number of carbonyl (C=O) groups excluding carboxylic acids is 4. The summed E-state index contributed by atoms with van der Waals surface area (Å²) in [6.45, 7) is 3.64. The van der Waals surface area contributed by atoms with E-state index in [0.29, 0.717) is 31.0 Å². The number of carbonyl (C=O) groups is 4. The first-order valence-electron chi connectivity index (χ1n) is 13.8. The molecule has 43 heavy (non-hydrogen) atoms. The number of rotatable bonds is 3.